The molecular weight excluding hydrogens is 292 g/mol. The second-order valence-corrected chi connectivity index (χ2v) is 5.76. The van der Waals surface area contributed by atoms with Crippen LogP contribution in [0.4, 0.5) is 0 Å². The van der Waals surface area contributed by atoms with Gasteiger partial charge in [-0.25, -0.2) is 0 Å². The third kappa shape index (κ3) is 3.11. The molecule has 6 nitrogen and oxygen atoms in total. The Morgan fingerprint density at radius 3 is 2.48 bits per heavy atom. The molecule has 1 aliphatic rings. The number of carbonyl (C=O) groups excluding carboxylic acids is 2. The van der Waals surface area contributed by atoms with E-state index in [9.17, 15) is 9.59 Å². The minimum atomic E-state index is -0.116. The van der Waals surface area contributed by atoms with Crippen molar-refractivity contribution < 1.29 is 9.59 Å². The molecular formula is C17H20N4O2. The van der Waals surface area contributed by atoms with Gasteiger partial charge in [-0.2, -0.15) is 5.10 Å². The molecule has 1 aliphatic heterocycles. The van der Waals surface area contributed by atoms with Crippen LogP contribution in [-0.2, 0) is 11.8 Å². The lowest BCUT2D eigenvalue weighted by molar-refractivity contribution is -0.133. The molecule has 23 heavy (non-hydrogen) atoms. The van der Waals surface area contributed by atoms with Gasteiger partial charge >= 0.3 is 0 Å². The van der Waals surface area contributed by atoms with Crippen LogP contribution in [0.5, 0.6) is 0 Å². The van der Waals surface area contributed by atoms with Crippen LogP contribution in [0.3, 0.4) is 0 Å². The summed E-state index contributed by atoms with van der Waals surface area (Å²) >= 11 is 0. The quantitative estimate of drug-likeness (QED) is 0.843. The summed E-state index contributed by atoms with van der Waals surface area (Å²) in [5, 5.41) is 4.18. The van der Waals surface area contributed by atoms with Crippen molar-refractivity contribution in [2.45, 2.75) is 13.0 Å². The van der Waals surface area contributed by atoms with E-state index in [2.05, 4.69) is 5.10 Å². The molecule has 0 saturated carbocycles. The molecule has 0 bridgehead atoms. The second kappa shape index (κ2) is 6.24. The van der Waals surface area contributed by atoms with Crippen molar-refractivity contribution in [1.29, 1.82) is 0 Å². The molecule has 120 valence electrons. The number of carbonyl (C=O) groups is 2. The van der Waals surface area contributed by atoms with Gasteiger partial charge in [0, 0.05) is 39.8 Å². The minimum Gasteiger partial charge on any atom is -0.333 e. The summed E-state index contributed by atoms with van der Waals surface area (Å²) in [7, 11) is 1.79. The van der Waals surface area contributed by atoms with Crippen LogP contribution < -0.4 is 0 Å². The van der Waals surface area contributed by atoms with E-state index in [0.717, 1.165) is 5.56 Å². The van der Waals surface area contributed by atoms with Crippen molar-refractivity contribution in [3.8, 4) is 0 Å². The number of aromatic nitrogens is 2. The van der Waals surface area contributed by atoms with Crippen molar-refractivity contribution in [3.05, 3.63) is 53.9 Å². The fourth-order valence-electron chi connectivity index (χ4n) is 3.00. The van der Waals surface area contributed by atoms with Gasteiger partial charge in [-0.15, -0.1) is 0 Å². The first-order valence-corrected chi connectivity index (χ1v) is 7.67. The Balaban J connectivity index is 1.84. The van der Waals surface area contributed by atoms with Crippen LogP contribution in [0.1, 0.15) is 29.0 Å². The van der Waals surface area contributed by atoms with E-state index in [-0.39, 0.29) is 17.9 Å². The van der Waals surface area contributed by atoms with Crippen LogP contribution in [0.25, 0.3) is 0 Å². The Labute approximate surface area is 135 Å². The number of amides is 2. The van der Waals surface area contributed by atoms with E-state index in [4.69, 9.17) is 0 Å². The van der Waals surface area contributed by atoms with Crippen molar-refractivity contribution in [3.63, 3.8) is 0 Å². The average Bonchev–Trinajstić information content (AvgIpc) is 3.01. The maximum absolute atomic E-state index is 12.6. The minimum absolute atomic E-state index is 0.0313. The van der Waals surface area contributed by atoms with Crippen LogP contribution in [0, 0.1) is 0 Å². The van der Waals surface area contributed by atoms with Crippen LogP contribution in [-0.4, -0.2) is 51.0 Å². The Bertz CT molecular complexity index is 710. The summed E-state index contributed by atoms with van der Waals surface area (Å²) < 4.78 is 1.62. The lowest BCUT2D eigenvalue weighted by Gasteiger charge is -2.41. The molecule has 2 amide bonds. The Morgan fingerprint density at radius 1 is 1.13 bits per heavy atom. The molecule has 2 heterocycles. The number of nitrogens with zero attached hydrogens (tertiary/aromatic N) is 4. The molecule has 1 aromatic heterocycles. The van der Waals surface area contributed by atoms with Crippen LogP contribution >= 0.6 is 0 Å². The van der Waals surface area contributed by atoms with Crippen molar-refractivity contribution >= 4 is 11.8 Å². The van der Waals surface area contributed by atoms with Gasteiger partial charge in [-0.05, 0) is 11.6 Å². The summed E-state index contributed by atoms with van der Waals surface area (Å²) in [5.41, 5.74) is 1.48. The number of benzene rings is 1. The van der Waals surface area contributed by atoms with Gasteiger partial charge in [0.1, 0.15) is 5.69 Å². The first-order valence-electron chi connectivity index (χ1n) is 7.67. The Morgan fingerprint density at radius 2 is 1.87 bits per heavy atom. The van der Waals surface area contributed by atoms with Crippen molar-refractivity contribution in [1.82, 2.24) is 19.6 Å². The van der Waals surface area contributed by atoms with Gasteiger partial charge in [-0.3, -0.25) is 14.3 Å². The SMILES string of the molecule is CC(=O)N1CCN(C(=O)c2ccn(C)n2)C[C@H]1c1ccccc1. The summed E-state index contributed by atoms with van der Waals surface area (Å²) in [6, 6.07) is 11.4. The van der Waals surface area contributed by atoms with Crippen LogP contribution in [0.15, 0.2) is 42.6 Å². The molecule has 1 aromatic carbocycles. The molecule has 0 radical (unpaired) electrons. The smallest absolute Gasteiger partial charge is 0.274 e. The highest BCUT2D eigenvalue weighted by atomic mass is 16.2. The lowest BCUT2D eigenvalue weighted by Crippen LogP contribution is -2.51. The molecule has 3 rings (SSSR count). The Kier molecular flexibility index (Phi) is 4.14. The molecule has 0 spiro atoms. The van der Waals surface area contributed by atoms with E-state index in [0.29, 0.717) is 25.3 Å². The first-order chi connectivity index (χ1) is 11.1. The van der Waals surface area contributed by atoms with E-state index in [1.54, 1.807) is 35.8 Å². The van der Waals surface area contributed by atoms with E-state index < -0.39 is 0 Å². The first kappa shape index (κ1) is 15.3. The van der Waals surface area contributed by atoms with Crippen molar-refractivity contribution in [2.24, 2.45) is 7.05 Å². The van der Waals surface area contributed by atoms with E-state index >= 15 is 0 Å². The fraction of sp³-hybridized carbons (Fsp3) is 0.353. The van der Waals surface area contributed by atoms with Gasteiger partial charge in [-0.1, -0.05) is 30.3 Å². The lowest BCUT2D eigenvalue weighted by atomic mass is 10.0. The maximum atomic E-state index is 12.6. The van der Waals surface area contributed by atoms with Gasteiger partial charge in [0.15, 0.2) is 0 Å². The summed E-state index contributed by atoms with van der Waals surface area (Å²) in [4.78, 5) is 28.2. The molecule has 1 saturated heterocycles. The number of piperazine rings is 1. The normalized spacial score (nSPS) is 18.1. The number of aryl methyl sites for hydroxylation is 1. The summed E-state index contributed by atoms with van der Waals surface area (Å²) in [6.45, 7) is 3.12. The molecule has 0 unspecified atom stereocenters. The molecule has 2 aromatic rings. The highest BCUT2D eigenvalue weighted by Gasteiger charge is 2.32. The monoisotopic (exact) mass is 312 g/mol. The molecule has 0 aliphatic carbocycles. The van der Waals surface area contributed by atoms with Gasteiger partial charge < -0.3 is 9.80 Å². The summed E-state index contributed by atoms with van der Waals surface area (Å²) in [5.74, 6) is -0.0569. The molecule has 0 N–H and O–H groups in total. The van der Waals surface area contributed by atoms with Gasteiger partial charge in [0.25, 0.3) is 5.91 Å². The predicted molar refractivity (Wildman–Crippen MR) is 85.7 cm³/mol. The third-order valence-corrected chi connectivity index (χ3v) is 4.19. The van der Waals surface area contributed by atoms with Gasteiger partial charge in [0.2, 0.25) is 5.91 Å². The molecule has 1 fully saturated rings. The standard InChI is InChI=1S/C17H20N4O2/c1-13(22)21-11-10-20(17(23)15-8-9-19(2)18-15)12-16(21)14-6-4-3-5-7-14/h3-9,16H,10-12H2,1-2H3/t16-/m0/s1. The predicted octanol–water partition coefficient (Wildman–Crippen LogP) is 1.47. The largest absolute Gasteiger partial charge is 0.333 e. The number of rotatable bonds is 2. The third-order valence-electron chi connectivity index (χ3n) is 4.19. The topological polar surface area (TPSA) is 58.4 Å². The number of hydrogen-bond acceptors (Lipinski definition) is 3. The maximum Gasteiger partial charge on any atom is 0.274 e. The zero-order valence-electron chi connectivity index (χ0n) is 13.3. The van der Waals surface area contributed by atoms with Crippen molar-refractivity contribution in [2.75, 3.05) is 19.6 Å². The highest BCUT2D eigenvalue weighted by molar-refractivity contribution is 5.92. The second-order valence-electron chi connectivity index (χ2n) is 5.76. The average molecular weight is 312 g/mol. The fourth-order valence-corrected chi connectivity index (χ4v) is 3.00. The Hall–Kier alpha value is -2.63. The zero-order chi connectivity index (χ0) is 16.4. The molecule has 1 atom stereocenters. The number of hydrogen-bond donors (Lipinski definition) is 0. The summed E-state index contributed by atoms with van der Waals surface area (Å²) in [6.07, 6.45) is 1.76. The van der Waals surface area contributed by atoms with E-state index in [1.165, 1.54) is 0 Å². The highest BCUT2D eigenvalue weighted by Crippen LogP contribution is 2.26. The van der Waals surface area contributed by atoms with Crippen LogP contribution in [0.2, 0.25) is 0 Å². The van der Waals surface area contributed by atoms with Gasteiger partial charge in [0.05, 0.1) is 6.04 Å². The molecule has 6 heteroatoms. The van der Waals surface area contributed by atoms with E-state index in [1.807, 2.05) is 35.2 Å². The zero-order valence-corrected chi connectivity index (χ0v) is 13.3.